The molecule has 1 saturated heterocycles. The summed E-state index contributed by atoms with van der Waals surface area (Å²) in [6.45, 7) is 3.75. The molecule has 7 heteroatoms. The van der Waals surface area contributed by atoms with E-state index in [0.717, 1.165) is 34.7 Å². The van der Waals surface area contributed by atoms with Crippen LogP contribution in [0.15, 0.2) is 59.6 Å². The quantitative estimate of drug-likeness (QED) is 0.494. The van der Waals surface area contributed by atoms with Gasteiger partial charge >= 0.3 is 0 Å². The number of hydrogen-bond acceptors (Lipinski definition) is 4. The zero-order valence-electron chi connectivity index (χ0n) is 21.2. The van der Waals surface area contributed by atoms with Gasteiger partial charge in [0.05, 0.1) is 17.2 Å². The Morgan fingerprint density at radius 2 is 1.71 bits per heavy atom. The predicted molar refractivity (Wildman–Crippen MR) is 142 cm³/mol. The number of carbonyl (C=O) groups is 2. The lowest BCUT2D eigenvalue weighted by atomic mass is 9.95. The number of halogens is 1. The molecule has 0 aromatic heterocycles. The van der Waals surface area contributed by atoms with Gasteiger partial charge in [-0.1, -0.05) is 31.2 Å². The zero-order chi connectivity index (χ0) is 26.2. The van der Waals surface area contributed by atoms with Crippen molar-refractivity contribution < 1.29 is 14.0 Å². The molecule has 2 aliphatic carbocycles. The summed E-state index contributed by atoms with van der Waals surface area (Å²) in [6.07, 6.45) is 3.30. The van der Waals surface area contributed by atoms with Crippen molar-refractivity contribution in [3.63, 3.8) is 0 Å². The number of benzene rings is 3. The highest BCUT2D eigenvalue weighted by atomic mass is 19.1. The molecule has 7 rings (SSSR count). The van der Waals surface area contributed by atoms with Crippen LogP contribution in [0.3, 0.4) is 0 Å². The van der Waals surface area contributed by atoms with E-state index in [1.807, 2.05) is 48.2 Å². The van der Waals surface area contributed by atoms with E-state index in [9.17, 15) is 9.59 Å². The van der Waals surface area contributed by atoms with Crippen LogP contribution in [-0.4, -0.2) is 52.6 Å². The molecule has 2 aliphatic heterocycles. The van der Waals surface area contributed by atoms with Crippen LogP contribution in [0.5, 0.6) is 0 Å². The van der Waals surface area contributed by atoms with Crippen LogP contribution in [0.1, 0.15) is 43.7 Å². The highest BCUT2D eigenvalue weighted by Crippen LogP contribution is 2.48. The highest BCUT2D eigenvalue weighted by Gasteiger charge is 2.58. The molecular formula is C31H27FN4O2. The van der Waals surface area contributed by atoms with Crippen molar-refractivity contribution >= 4 is 28.4 Å². The minimum atomic E-state index is -0.720. The van der Waals surface area contributed by atoms with Gasteiger partial charge < -0.3 is 4.90 Å². The first-order valence-corrected chi connectivity index (χ1v) is 13.2. The maximum Gasteiger partial charge on any atom is 0.256 e. The van der Waals surface area contributed by atoms with E-state index < -0.39 is 11.4 Å². The SMILES string of the molecule is CC1(C(=O)N2CC(CN3C(=O)C4(CC4)N=C3c3ccc(-c4ccc5cc(C#N)ccc5c4)cc3F)C2)CC1. The van der Waals surface area contributed by atoms with Crippen molar-refractivity contribution in [2.24, 2.45) is 16.3 Å². The molecule has 2 heterocycles. The number of likely N-dealkylation sites (tertiary alicyclic amines) is 1. The lowest BCUT2D eigenvalue weighted by Crippen LogP contribution is -2.56. The first-order valence-electron chi connectivity index (χ1n) is 13.2. The second-order valence-corrected chi connectivity index (χ2v) is 11.6. The Hall–Kier alpha value is -4.05. The maximum absolute atomic E-state index is 15.6. The molecule has 190 valence electrons. The first-order chi connectivity index (χ1) is 18.3. The molecule has 6 nitrogen and oxygen atoms in total. The van der Waals surface area contributed by atoms with Crippen molar-refractivity contribution in [3.05, 3.63) is 71.5 Å². The summed E-state index contributed by atoms with van der Waals surface area (Å²) in [6, 6.07) is 18.6. The summed E-state index contributed by atoms with van der Waals surface area (Å²) in [5, 5.41) is 11.1. The molecule has 38 heavy (non-hydrogen) atoms. The fraction of sp³-hybridized carbons (Fsp3) is 0.355. The Morgan fingerprint density at radius 1 is 1.03 bits per heavy atom. The summed E-state index contributed by atoms with van der Waals surface area (Å²) < 4.78 is 15.6. The molecule has 2 amide bonds. The molecule has 3 aromatic carbocycles. The van der Waals surface area contributed by atoms with Crippen LogP contribution in [0.4, 0.5) is 4.39 Å². The van der Waals surface area contributed by atoms with Crippen molar-refractivity contribution in [2.45, 2.75) is 38.1 Å². The van der Waals surface area contributed by atoms with Gasteiger partial charge in [-0.3, -0.25) is 19.5 Å². The summed E-state index contributed by atoms with van der Waals surface area (Å²) >= 11 is 0. The Morgan fingerprint density at radius 3 is 2.39 bits per heavy atom. The standard InChI is InChI=1S/C31H27FN4O2/c1-30(8-9-30)28(37)35-16-20(17-35)18-36-27(34-31(10-11-31)29(36)38)25-7-6-24(14-26(25)32)23-5-4-21-12-19(15-33)2-3-22(21)13-23/h2-7,12-14,20H,8-11,16-18H2,1H3. The van der Waals surface area contributed by atoms with E-state index in [0.29, 0.717) is 49.4 Å². The molecule has 3 aromatic rings. The minimum Gasteiger partial charge on any atom is -0.341 e. The Labute approximate surface area is 220 Å². The van der Waals surface area contributed by atoms with Crippen molar-refractivity contribution in [3.8, 4) is 17.2 Å². The van der Waals surface area contributed by atoms with Gasteiger partial charge in [-0.2, -0.15) is 5.26 Å². The monoisotopic (exact) mass is 506 g/mol. The molecule has 0 unspecified atom stereocenters. The lowest BCUT2D eigenvalue weighted by molar-refractivity contribution is -0.143. The minimum absolute atomic E-state index is 0.0406. The topological polar surface area (TPSA) is 76.8 Å². The maximum atomic E-state index is 15.6. The van der Waals surface area contributed by atoms with E-state index in [2.05, 4.69) is 6.07 Å². The third kappa shape index (κ3) is 3.62. The van der Waals surface area contributed by atoms with Crippen LogP contribution in [-0.2, 0) is 9.59 Å². The number of hydrogen-bond donors (Lipinski definition) is 0. The zero-order valence-corrected chi connectivity index (χ0v) is 21.2. The van der Waals surface area contributed by atoms with Crippen molar-refractivity contribution in [1.29, 1.82) is 5.26 Å². The second-order valence-electron chi connectivity index (χ2n) is 11.6. The van der Waals surface area contributed by atoms with Crippen LogP contribution < -0.4 is 0 Å². The molecule has 2 saturated carbocycles. The van der Waals surface area contributed by atoms with Gasteiger partial charge in [0.25, 0.3) is 5.91 Å². The van der Waals surface area contributed by atoms with E-state index in [-0.39, 0.29) is 23.1 Å². The number of carbonyl (C=O) groups excluding carboxylic acids is 2. The number of nitriles is 1. The van der Waals surface area contributed by atoms with E-state index >= 15 is 4.39 Å². The third-order valence-corrected chi connectivity index (χ3v) is 8.66. The average molecular weight is 507 g/mol. The molecular weight excluding hydrogens is 479 g/mol. The van der Waals surface area contributed by atoms with Crippen LogP contribution in [0.25, 0.3) is 21.9 Å². The van der Waals surface area contributed by atoms with Gasteiger partial charge in [0, 0.05) is 31.0 Å². The molecule has 0 bridgehead atoms. The molecule has 0 radical (unpaired) electrons. The summed E-state index contributed by atoms with van der Waals surface area (Å²) in [7, 11) is 0. The molecule has 0 atom stereocenters. The number of amidine groups is 1. The van der Waals surface area contributed by atoms with Gasteiger partial charge in [0.2, 0.25) is 5.91 Å². The van der Waals surface area contributed by atoms with Crippen LogP contribution in [0, 0.1) is 28.5 Å². The lowest BCUT2D eigenvalue weighted by Gasteiger charge is -2.42. The Bertz CT molecular complexity index is 1610. The third-order valence-electron chi connectivity index (χ3n) is 8.66. The predicted octanol–water partition coefficient (Wildman–Crippen LogP) is 4.90. The fourth-order valence-corrected chi connectivity index (χ4v) is 5.74. The smallest absolute Gasteiger partial charge is 0.256 e. The van der Waals surface area contributed by atoms with Gasteiger partial charge in [0.15, 0.2) is 0 Å². The van der Waals surface area contributed by atoms with E-state index in [4.69, 9.17) is 10.3 Å². The Kier molecular flexibility index (Phi) is 4.85. The number of nitrogens with zero attached hydrogens (tertiary/aromatic N) is 4. The number of fused-ring (bicyclic) bond motifs is 1. The fourth-order valence-electron chi connectivity index (χ4n) is 5.74. The van der Waals surface area contributed by atoms with Crippen molar-refractivity contribution in [1.82, 2.24) is 9.80 Å². The normalized spacial score (nSPS) is 20.9. The van der Waals surface area contributed by atoms with E-state index in [1.54, 1.807) is 17.0 Å². The van der Waals surface area contributed by atoms with Crippen LogP contribution in [0.2, 0.25) is 0 Å². The Balaban J connectivity index is 1.13. The summed E-state index contributed by atoms with van der Waals surface area (Å²) in [4.78, 5) is 34.2. The van der Waals surface area contributed by atoms with Gasteiger partial charge in [0.1, 0.15) is 17.2 Å². The molecule has 3 fully saturated rings. The summed E-state index contributed by atoms with van der Waals surface area (Å²) in [5.74, 6) is 0.351. The largest absolute Gasteiger partial charge is 0.341 e. The number of rotatable bonds is 5. The van der Waals surface area contributed by atoms with Gasteiger partial charge in [-0.15, -0.1) is 0 Å². The molecule has 1 spiro atoms. The van der Waals surface area contributed by atoms with Crippen LogP contribution >= 0.6 is 0 Å². The molecule has 0 N–H and O–H groups in total. The highest BCUT2D eigenvalue weighted by molar-refractivity contribution is 6.16. The molecule has 4 aliphatic rings. The number of amides is 2. The first kappa shape index (κ1) is 23.1. The van der Waals surface area contributed by atoms with E-state index in [1.165, 1.54) is 6.07 Å². The number of aliphatic imine (C=N–C) groups is 1. The van der Waals surface area contributed by atoms with Crippen molar-refractivity contribution in [2.75, 3.05) is 19.6 Å². The average Bonchev–Trinajstić information content (AvgIpc) is 3.82. The van der Waals surface area contributed by atoms with Gasteiger partial charge in [-0.25, -0.2) is 4.39 Å². The van der Waals surface area contributed by atoms with Gasteiger partial charge in [-0.05, 0) is 77.9 Å². The second kappa shape index (κ2) is 7.97. The summed E-state index contributed by atoms with van der Waals surface area (Å²) in [5.41, 5.74) is 1.64.